The first-order chi connectivity index (χ1) is 13.0. The first-order valence-corrected chi connectivity index (χ1v) is 11.0. The summed E-state index contributed by atoms with van der Waals surface area (Å²) in [6.07, 6.45) is 4.71. The van der Waals surface area contributed by atoms with Gasteiger partial charge in [0.1, 0.15) is 0 Å². The number of aldehydes is 1. The van der Waals surface area contributed by atoms with Crippen LogP contribution in [0, 0.1) is 0 Å². The molecule has 1 aromatic carbocycles. The quantitative estimate of drug-likeness (QED) is 0.267. The standard InChI is InChI=1S/C21H33N2O3P/c1-6-13-25-27(23(17(2)3)18(4)5)26-14-9-12-22-15-19(16-24)20-10-7-8-11-21(20)22/h7-8,10-11,15-18H,6,9,12-14H2,1-5H3. The minimum Gasteiger partial charge on any atom is -0.347 e. The van der Waals surface area contributed by atoms with Gasteiger partial charge >= 0.3 is 0 Å². The molecule has 0 fully saturated rings. The van der Waals surface area contributed by atoms with Crippen LogP contribution in [0.2, 0.25) is 0 Å². The van der Waals surface area contributed by atoms with Gasteiger partial charge in [0.15, 0.2) is 6.29 Å². The van der Waals surface area contributed by atoms with Crippen LogP contribution in [0.1, 0.15) is 57.8 Å². The monoisotopic (exact) mass is 392 g/mol. The van der Waals surface area contributed by atoms with Crippen molar-refractivity contribution in [1.82, 2.24) is 9.24 Å². The summed E-state index contributed by atoms with van der Waals surface area (Å²) < 4.78 is 16.7. The average molecular weight is 392 g/mol. The van der Waals surface area contributed by atoms with E-state index >= 15 is 0 Å². The number of carbonyl (C=O) groups excluding carboxylic acids is 1. The second-order valence-corrected chi connectivity index (χ2v) is 8.69. The molecule has 1 aromatic heterocycles. The van der Waals surface area contributed by atoms with E-state index in [2.05, 4.69) is 49.9 Å². The SMILES string of the molecule is CCCOP(OCCCn1cc(C=O)c2ccccc21)N(C(C)C)C(C)C. The molecule has 0 spiro atoms. The molecular formula is C21H33N2O3P. The van der Waals surface area contributed by atoms with Crippen molar-refractivity contribution in [3.05, 3.63) is 36.0 Å². The number of fused-ring (bicyclic) bond motifs is 1. The topological polar surface area (TPSA) is 43.7 Å². The molecule has 0 amide bonds. The maximum absolute atomic E-state index is 11.3. The number of hydrogen-bond acceptors (Lipinski definition) is 4. The highest BCUT2D eigenvalue weighted by molar-refractivity contribution is 7.44. The maximum Gasteiger partial charge on any atom is 0.259 e. The Labute approximate surface area is 164 Å². The summed E-state index contributed by atoms with van der Waals surface area (Å²) >= 11 is 0. The van der Waals surface area contributed by atoms with E-state index in [9.17, 15) is 4.79 Å². The van der Waals surface area contributed by atoms with Gasteiger partial charge in [-0.1, -0.05) is 25.1 Å². The van der Waals surface area contributed by atoms with Crippen LogP contribution >= 0.6 is 8.53 Å². The summed E-state index contributed by atoms with van der Waals surface area (Å²) in [5.74, 6) is 0. The summed E-state index contributed by atoms with van der Waals surface area (Å²) in [7, 11) is -1.05. The van der Waals surface area contributed by atoms with Crippen LogP contribution in [-0.2, 0) is 15.6 Å². The molecule has 5 nitrogen and oxygen atoms in total. The van der Waals surface area contributed by atoms with Crippen molar-refractivity contribution < 1.29 is 13.8 Å². The van der Waals surface area contributed by atoms with Gasteiger partial charge in [-0.2, -0.15) is 0 Å². The third-order valence-corrected chi connectivity index (χ3v) is 6.45. The summed E-state index contributed by atoms with van der Waals surface area (Å²) in [5, 5.41) is 1.01. The Morgan fingerprint density at radius 1 is 1.11 bits per heavy atom. The van der Waals surface area contributed by atoms with Gasteiger partial charge in [0.05, 0.1) is 13.2 Å². The van der Waals surface area contributed by atoms with Gasteiger partial charge in [-0.3, -0.25) is 4.79 Å². The van der Waals surface area contributed by atoms with Crippen LogP contribution in [0.4, 0.5) is 0 Å². The summed E-state index contributed by atoms with van der Waals surface area (Å²) in [6, 6.07) is 8.76. The number of aromatic nitrogens is 1. The van der Waals surface area contributed by atoms with E-state index in [4.69, 9.17) is 9.05 Å². The number of benzene rings is 1. The van der Waals surface area contributed by atoms with Crippen molar-refractivity contribution in [3.8, 4) is 0 Å². The molecule has 0 bridgehead atoms. The zero-order chi connectivity index (χ0) is 19.8. The predicted octanol–water partition coefficient (Wildman–Crippen LogP) is 5.63. The third kappa shape index (κ3) is 5.86. The molecule has 0 aliphatic heterocycles. The van der Waals surface area contributed by atoms with Crippen LogP contribution in [0.3, 0.4) is 0 Å². The summed E-state index contributed by atoms with van der Waals surface area (Å²) in [5.41, 5.74) is 1.83. The number of hydrogen-bond donors (Lipinski definition) is 0. The Hall–Kier alpha value is -1.26. The van der Waals surface area contributed by atoms with Crippen molar-refractivity contribution >= 4 is 25.7 Å². The van der Waals surface area contributed by atoms with Crippen LogP contribution in [0.25, 0.3) is 10.9 Å². The maximum atomic E-state index is 11.3. The number of carbonyl (C=O) groups is 1. The summed E-state index contributed by atoms with van der Waals surface area (Å²) in [4.78, 5) is 11.3. The van der Waals surface area contributed by atoms with Crippen LogP contribution < -0.4 is 0 Å². The second kappa shape index (κ2) is 10.9. The number of rotatable bonds is 12. The van der Waals surface area contributed by atoms with E-state index in [0.29, 0.717) is 25.3 Å². The molecule has 2 rings (SSSR count). The zero-order valence-electron chi connectivity index (χ0n) is 17.2. The fraction of sp³-hybridized carbons (Fsp3) is 0.571. The van der Waals surface area contributed by atoms with Crippen molar-refractivity contribution in [3.63, 3.8) is 0 Å². The van der Waals surface area contributed by atoms with Crippen molar-refractivity contribution in [2.24, 2.45) is 0 Å². The highest BCUT2D eigenvalue weighted by Gasteiger charge is 2.26. The number of nitrogens with zero attached hydrogens (tertiary/aromatic N) is 2. The minimum atomic E-state index is -1.05. The van der Waals surface area contributed by atoms with Gasteiger partial charge in [0, 0.05) is 41.3 Å². The lowest BCUT2D eigenvalue weighted by molar-refractivity contribution is 0.112. The Bertz CT molecular complexity index is 707. The van der Waals surface area contributed by atoms with E-state index in [-0.39, 0.29) is 0 Å². The van der Waals surface area contributed by atoms with Crippen molar-refractivity contribution in [1.29, 1.82) is 0 Å². The second-order valence-electron chi connectivity index (χ2n) is 7.24. The van der Waals surface area contributed by atoms with Gasteiger partial charge in [-0.05, 0) is 46.6 Å². The predicted molar refractivity (Wildman–Crippen MR) is 113 cm³/mol. The molecule has 0 saturated heterocycles. The van der Waals surface area contributed by atoms with E-state index in [1.54, 1.807) is 0 Å². The third-order valence-electron chi connectivity index (χ3n) is 4.34. The van der Waals surface area contributed by atoms with Crippen molar-refractivity contribution in [2.75, 3.05) is 13.2 Å². The zero-order valence-corrected chi connectivity index (χ0v) is 18.1. The Balaban J connectivity index is 1.97. The van der Waals surface area contributed by atoms with E-state index in [1.165, 1.54) is 0 Å². The van der Waals surface area contributed by atoms with Gasteiger partial charge in [0.2, 0.25) is 0 Å². The lowest BCUT2D eigenvalue weighted by Crippen LogP contribution is -2.33. The first kappa shape index (κ1) is 22.0. The molecule has 6 heteroatoms. The molecule has 1 heterocycles. The molecule has 27 heavy (non-hydrogen) atoms. The fourth-order valence-electron chi connectivity index (χ4n) is 3.25. The largest absolute Gasteiger partial charge is 0.347 e. The Kier molecular flexibility index (Phi) is 8.91. The molecule has 0 radical (unpaired) electrons. The van der Waals surface area contributed by atoms with Crippen LogP contribution in [0.15, 0.2) is 30.5 Å². The molecule has 150 valence electrons. The number of para-hydroxylation sites is 1. The molecule has 1 atom stereocenters. The number of aryl methyl sites for hydroxylation is 1. The minimum absolute atomic E-state index is 0.372. The normalized spacial score (nSPS) is 13.2. The lowest BCUT2D eigenvalue weighted by Gasteiger charge is -2.35. The average Bonchev–Trinajstić information content (AvgIpc) is 3.00. The molecule has 1 unspecified atom stereocenters. The molecule has 2 aromatic rings. The Morgan fingerprint density at radius 2 is 1.78 bits per heavy atom. The molecule has 0 saturated carbocycles. The molecular weight excluding hydrogens is 359 g/mol. The van der Waals surface area contributed by atoms with E-state index in [0.717, 1.165) is 42.1 Å². The van der Waals surface area contributed by atoms with Gasteiger partial charge < -0.3 is 13.6 Å². The van der Waals surface area contributed by atoms with Crippen LogP contribution in [0.5, 0.6) is 0 Å². The van der Waals surface area contributed by atoms with E-state index in [1.807, 2.05) is 24.4 Å². The summed E-state index contributed by atoms with van der Waals surface area (Å²) in [6.45, 7) is 13.0. The molecule has 0 aliphatic rings. The molecule has 0 N–H and O–H groups in total. The smallest absolute Gasteiger partial charge is 0.259 e. The lowest BCUT2D eigenvalue weighted by atomic mass is 10.2. The highest BCUT2D eigenvalue weighted by Crippen LogP contribution is 2.46. The fourth-order valence-corrected chi connectivity index (χ4v) is 4.96. The van der Waals surface area contributed by atoms with Crippen molar-refractivity contribution in [2.45, 2.75) is 66.1 Å². The van der Waals surface area contributed by atoms with Gasteiger partial charge in [-0.25, -0.2) is 4.67 Å². The first-order valence-electron chi connectivity index (χ1n) is 9.86. The molecule has 0 aliphatic carbocycles. The highest BCUT2D eigenvalue weighted by atomic mass is 31.2. The van der Waals surface area contributed by atoms with Crippen LogP contribution in [-0.4, -0.2) is 40.8 Å². The van der Waals surface area contributed by atoms with Gasteiger partial charge in [-0.15, -0.1) is 0 Å². The van der Waals surface area contributed by atoms with E-state index < -0.39 is 8.53 Å². The van der Waals surface area contributed by atoms with Gasteiger partial charge in [0.25, 0.3) is 8.53 Å². The Morgan fingerprint density at radius 3 is 2.41 bits per heavy atom.